The zero-order valence-corrected chi connectivity index (χ0v) is 19.2. The number of anilines is 1. The number of carbonyl (C=O) groups excluding carboxylic acids is 3. The van der Waals surface area contributed by atoms with E-state index in [0.717, 1.165) is 0 Å². The molecule has 1 aromatic heterocycles. The molecular weight excluding hydrogens is 420 g/mol. The van der Waals surface area contributed by atoms with E-state index in [4.69, 9.17) is 9.15 Å². The summed E-state index contributed by atoms with van der Waals surface area (Å²) in [7, 11) is 0. The van der Waals surface area contributed by atoms with Gasteiger partial charge in [-0.05, 0) is 69.7 Å². The number of nitrogens with zero attached hydrogens (tertiary/aromatic N) is 1. The first-order valence-electron chi connectivity index (χ1n) is 10.7. The second-order valence-electron chi connectivity index (χ2n) is 8.47. The van der Waals surface area contributed by atoms with Gasteiger partial charge in [-0.15, -0.1) is 0 Å². The van der Waals surface area contributed by atoms with E-state index in [1.165, 1.54) is 11.2 Å². The van der Waals surface area contributed by atoms with Gasteiger partial charge in [-0.1, -0.05) is 30.3 Å². The van der Waals surface area contributed by atoms with Crippen LogP contribution in [-0.2, 0) is 9.53 Å². The smallest absolute Gasteiger partial charge is 0.338 e. The van der Waals surface area contributed by atoms with Crippen LogP contribution < -0.4 is 10.2 Å². The Morgan fingerprint density at radius 2 is 1.64 bits per heavy atom. The molecule has 7 nitrogen and oxygen atoms in total. The van der Waals surface area contributed by atoms with E-state index < -0.39 is 23.5 Å². The molecule has 0 aliphatic carbocycles. The summed E-state index contributed by atoms with van der Waals surface area (Å²) < 4.78 is 10.4. The van der Waals surface area contributed by atoms with Gasteiger partial charge in [0.25, 0.3) is 5.91 Å². The van der Waals surface area contributed by atoms with Crippen LogP contribution in [0, 0.1) is 0 Å². The molecule has 172 valence electrons. The monoisotopic (exact) mass is 448 g/mol. The average Bonchev–Trinajstić information content (AvgIpc) is 3.32. The van der Waals surface area contributed by atoms with Crippen LogP contribution in [0.4, 0.5) is 5.69 Å². The van der Waals surface area contributed by atoms with E-state index >= 15 is 0 Å². The molecule has 3 rings (SSSR count). The lowest BCUT2D eigenvalue weighted by molar-refractivity contribution is -0.123. The van der Waals surface area contributed by atoms with Gasteiger partial charge in [-0.25, -0.2) is 4.79 Å². The number of benzene rings is 2. The lowest BCUT2D eigenvalue weighted by atomic mass is 10.0. The summed E-state index contributed by atoms with van der Waals surface area (Å²) in [5, 5.41) is 2.98. The van der Waals surface area contributed by atoms with Gasteiger partial charge < -0.3 is 14.5 Å². The zero-order chi connectivity index (χ0) is 24.0. The molecule has 2 aromatic carbocycles. The molecule has 0 aliphatic heterocycles. The number of esters is 1. The van der Waals surface area contributed by atoms with Crippen molar-refractivity contribution in [3.8, 4) is 0 Å². The first-order chi connectivity index (χ1) is 15.7. The zero-order valence-electron chi connectivity index (χ0n) is 19.2. The van der Waals surface area contributed by atoms with Gasteiger partial charge in [0, 0.05) is 11.2 Å². The third-order valence-electron chi connectivity index (χ3n) is 4.73. The van der Waals surface area contributed by atoms with Crippen LogP contribution in [0.15, 0.2) is 77.4 Å². The number of hydrogen-bond acceptors (Lipinski definition) is 5. The third-order valence-corrected chi connectivity index (χ3v) is 4.73. The number of rotatable bonds is 7. The predicted molar refractivity (Wildman–Crippen MR) is 125 cm³/mol. The Morgan fingerprint density at radius 3 is 2.18 bits per heavy atom. The lowest BCUT2D eigenvalue weighted by Crippen LogP contribution is -2.49. The molecular formula is C26H28N2O5. The average molecular weight is 449 g/mol. The van der Waals surface area contributed by atoms with Crippen LogP contribution in [-0.4, -0.2) is 29.9 Å². The van der Waals surface area contributed by atoms with Crippen LogP contribution in [0.1, 0.15) is 60.2 Å². The minimum absolute atomic E-state index is 0.0916. The molecule has 0 fully saturated rings. The molecule has 0 saturated heterocycles. The highest BCUT2D eigenvalue weighted by Gasteiger charge is 2.35. The summed E-state index contributed by atoms with van der Waals surface area (Å²) in [4.78, 5) is 40.5. The summed E-state index contributed by atoms with van der Waals surface area (Å²) in [6.07, 6.45) is 1.40. The summed E-state index contributed by atoms with van der Waals surface area (Å²) in [6, 6.07) is 17.6. The molecule has 0 unspecified atom stereocenters. The Balaban J connectivity index is 2.12. The Morgan fingerprint density at radius 1 is 0.970 bits per heavy atom. The molecule has 1 N–H and O–H groups in total. The van der Waals surface area contributed by atoms with E-state index in [-0.39, 0.29) is 18.3 Å². The topological polar surface area (TPSA) is 88.8 Å². The quantitative estimate of drug-likeness (QED) is 0.527. The summed E-state index contributed by atoms with van der Waals surface area (Å²) >= 11 is 0. The largest absolute Gasteiger partial charge is 0.462 e. The van der Waals surface area contributed by atoms with Crippen molar-refractivity contribution in [1.82, 2.24) is 5.32 Å². The van der Waals surface area contributed by atoms with E-state index in [1.807, 2.05) is 39.0 Å². The maximum Gasteiger partial charge on any atom is 0.338 e. The minimum atomic E-state index is -0.975. The standard InChI is InChI=1S/C26H28N2O5/c1-5-32-25(31)19-13-15-20(16-14-19)28(24(30)21-12-9-17-33-21)22(18-10-7-6-8-11-18)23(29)27-26(2,3)4/h6-17,22H,5H2,1-4H3,(H,27,29)/t22-/m1/s1. The molecule has 3 aromatic rings. The van der Waals surface area contributed by atoms with Crippen molar-refractivity contribution in [3.63, 3.8) is 0 Å². The fourth-order valence-corrected chi connectivity index (χ4v) is 3.37. The Hall–Kier alpha value is -3.87. The van der Waals surface area contributed by atoms with E-state index in [1.54, 1.807) is 55.5 Å². The van der Waals surface area contributed by atoms with Crippen molar-refractivity contribution < 1.29 is 23.5 Å². The highest BCUT2D eigenvalue weighted by Crippen LogP contribution is 2.31. The van der Waals surface area contributed by atoms with Crippen molar-refractivity contribution in [2.45, 2.75) is 39.3 Å². The Bertz CT molecular complexity index is 1080. The minimum Gasteiger partial charge on any atom is -0.462 e. The summed E-state index contributed by atoms with van der Waals surface area (Å²) in [6.45, 7) is 7.61. The fraction of sp³-hybridized carbons (Fsp3) is 0.269. The normalized spacial score (nSPS) is 12.0. The van der Waals surface area contributed by atoms with Gasteiger partial charge in [-0.3, -0.25) is 14.5 Å². The predicted octanol–water partition coefficient (Wildman–Crippen LogP) is 4.76. The first-order valence-corrected chi connectivity index (χ1v) is 10.7. The van der Waals surface area contributed by atoms with Crippen LogP contribution in [0.3, 0.4) is 0 Å². The highest BCUT2D eigenvalue weighted by molar-refractivity contribution is 6.09. The number of hydrogen-bond donors (Lipinski definition) is 1. The maximum atomic E-state index is 13.6. The van der Waals surface area contributed by atoms with Crippen LogP contribution in [0.25, 0.3) is 0 Å². The molecule has 0 bridgehead atoms. The number of amides is 2. The summed E-state index contributed by atoms with van der Waals surface area (Å²) in [5.74, 6) is -1.20. The van der Waals surface area contributed by atoms with E-state index in [2.05, 4.69) is 5.32 Å². The second kappa shape index (κ2) is 10.2. The van der Waals surface area contributed by atoms with Gasteiger partial charge in [0.2, 0.25) is 5.91 Å². The van der Waals surface area contributed by atoms with Gasteiger partial charge in [0.05, 0.1) is 18.4 Å². The van der Waals surface area contributed by atoms with Gasteiger partial charge in [-0.2, -0.15) is 0 Å². The summed E-state index contributed by atoms with van der Waals surface area (Å²) in [5.41, 5.74) is 0.898. The molecule has 0 saturated carbocycles. The fourth-order valence-electron chi connectivity index (χ4n) is 3.37. The van der Waals surface area contributed by atoms with Crippen LogP contribution >= 0.6 is 0 Å². The number of nitrogens with one attached hydrogen (secondary N) is 1. The molecule has 0 radical (unpaired) electrons. The molecule has 7 heteroatoms. The Kier molecular flexibility index (Phi) is 7.33. The third kappa shape index (κ3) is 5.88. The van der Waals surface area contributed by atoms with E-state index in [9.17, 15) is 14.4 Å². The molecule has 0 aliphatic rings. The van der Waals surface area contributed by atoms with Crippen molar-refractivity contribution in [1.29, 1.82) is 0 Å². The van der Waals surface area contributed by atoms with Gasteiger partial charge in [0.15, 0.2) is 5.76 Å². The molecule has 2 amide bonds. The van der Waals surface area contributed by atoms with Gasteiger partial charge >= 0.3 is 5.97 Å². The van der Waals surface area contributed by atoms with Crippen molar-refractivity contribution in [2.24, 2.45) is 0 Å². The maximum absolute atomic E-state index is 13.6. The first kappa shape index (κ1) is 23.8. The Labute approximate surface area is 193 Å². The SMILES string of the molecule is CCOC(=O)c1ccc(N(C(=O)c2ccco2)[C@@H](C(=O)NC(C)(C)C)c2ccccc2)cc1. The number of furan rings is 1. The second-order valence-corrected chi connectivity index (χ2v) is 8.47. The van der Waals surface area contributed by atoms with Crippen LogP contribution in [0.2, 0.25) is 0 Å². The number of carbonyl (C=O) groups is 3. The molecule has 1 atom stereocenters. The van der Waals surface area contributed by atoms with Crippen molar-refractivity contribution in [3.05, 3.63) is 89.9 Å². The van der Waals surface area contributed by atoms with Crippen molar-refractivity contribution >= 4 is 23.5 Å². The van der Waals surface area contributed by atoms with Crippen LogP contribution in [0.5, 0.6) is 0 Å². The van der Waals surface area contributed by atoms with Crippen molar-refractivity contribution in [2.75, 3.05) is 11.5 Å². The van der Waals surface area contributed by atoms with Gasteiger partial charge in [0.1, 0.15) is 6.04 Å². The molecule has 33 heavy (non-hydrogen) atoms. The highest BCUT2D eigenvalue weighted by atomic mass is 16.5. The molecule has 1 heterocycles. The molecule has 0 spiro atoms. The number of ether oxygens (including phenoxy) is 1. The lowest BCUT2D eigenvalue weighted by Gasteiger charge is -2.33. The van der Waals surface area contributed by atoms with E-state index in [0.29, 0.717) is 16.8 Å².